The molecule has 0 radical (unpaired) electrons. The van der Waals surface area contributed by atoms with Crippen LogP contribution in [0.4, 0.5) is 0 Å². The molecular weight excluding hydrogens is 361 g/mol. The molecule has 1 unspecified atom stereocenters. The Bertz CT molecular complexity index is 722. The van der Waals surface area contributed by atoms with Crippen molar-refractivity contribution < 1.29 is 9.53 Å². The molecule has 0 saturated carbocycles. The standard InChI is InChI=1S/C18H19Cl2N3O2/c19-14-5-3-4-13(17(14)20)18(24)22-12-16(15-6-1-2-7-21-15)23-8-10-25-11-9-23/h1-7,16H,8-12H2,(H,22,24). The van der Waals surface area contributed by atoms with Crippen LogP contribution < -0.4 is 5.32 Å². The van der Waals surface area contributed by atoms with Gasteiger partial charge in [-0.25, -0.2) is 0 Å². The fraction of sp³-hybridized carbons (Fsp3) is 0.333. The molecule has 1 aliphatic rings. The second-order valence-electron chi connectivity index (χ2n) is 5.73. The van der Waals surface area contributed by atoms with Crippen molar-refractivity contribution >= 4 is 29.1 Å². The highest BCUT2D eigenvalue weighted by Crippen LogP contribution is 2.26. The summed E-state index contributed by atoms with van der Waals surface area (Å²) in [6.45, 7) is 3.39. The van der Waals surface area contributed by atoms with Crippen molar-refractivity contribution in [3.63, 3.8) is 0 Å². The highest BCUT2D eigenvalue weighted by molar-refractivity contribution is 6.43. The number of nitrogens with zero attached hydrogens (tertiary/aromatic N) is 2. The van der Waals surface area contributed by atoms with E-state index in [1.165, 1.54) is 0 Å². The molecule has 2 heterocycles. The Kier molecular flexibility index (Phi) is 6.26. The smallest absolute Gasteiger partial charge is 0.252 e. The zero-order valence-corrected chi connectivity index (χ0v) is 15.1. The first kappa shape index (κ1) is 18.1. The van der Waals surface area contributed by atoms with Gasteiger partial charge in [0.25, 0.3) is 5.91 Å². The number of hydrogen-bond donors (Lipinski definition) is 1. The number of nitrogens with one attached hydrogen (secondary N) is 1. The number of morpholine rings is 1. The van der Waals surface area contributed by atoms with Gasteiger partial charge >= 0.3 is 0 Å². The molecule has 0 spiro atoms. The zero-order valence-electron chi connectivity index (χ0n) is 13.6. The van der Waals surface area contributed by atoms with Crippen LogP contribution >= 0.6 is 23.2 Å². The van der Waals surface area contributed by atoms with Gasteiger partial charge in [-0.3, -0.25) is 14.7 Å². The molecule has 25 heavy (non-hydrogen) atoms. The van der Waals surface area contributed by atoms with Crippen molar-refractivity contribution in [2.75, 3.05) is 32.8 Å². The number of halogens is 2. The van der Waals surface area contributed by atoms with Gasteiger partial charge < -0.3 is 10.1 Å². The first-order chi connectivity index (χ1) is 12.2. The van der Waals surface area contributed by atoms with E-state index in [1.54, 1.807) is 24.4 Å². The van der Waals surface area contributed by atoms with E-state index in [1.807, 2.05) is 18.2 Å². The second kappa shape index (κ2) is 8.63. The lowest BCUT2D eigenvalue weighted by Gasteiger charge is -2.34. The van der Waals surface area contributed by atoms with E-state index in [0.29, 0.717) is 30.3 Å². The normalized spacial score (nSPS) is 16.4. The van der Waals surface area contributed by atoms with Gasteiger partial charge in [0, 0.05) is 25.8 Å². The van der Waals surface area contributed by atoms with Gasteiger partial charge in [0.2, 0.25) is 0 Å². The van der Waals surface area contributed by atoms with Gasteiger partial charge in [-0.2, -0.15) is 0 Å². The fourth-order valence-corrected chi connectivity index (χ4v) is 3.23. The van der Waals surface area contributed by atoms with Crippen LogP contribution in [0.25, 0.3) is 0 Å². The minimum atomic E-state index is -0.248. The number of carbonyl (C=O) groups excluding carboxylic acids is 1. The van der Waals surface area contributed by atoms with Gasteiger partial charge in [0.1, 0.15) is 0 Å². The Hall–Kier alpha value is -1.66. The number of ether oxygens (including phenoxy) is 1. The van der Waals surface area contributed by atoms with Crippen LogP contribution in [0.5, 0.6) is 0 Å². The third kappa shape index (κ3) is 4.50. The van der Waals surface area contributed by atoms with Gasteiger partial charge in [-0.1, -0.05) is 35.3 Å². The summed E-state index contributed by atoms with van der Waals surface area (Å²) in [4.78, 5) is 19.2. The molecule has 1 amide bonds. The van der Waals surface area contributed by atoms with Crippen LogP contribution in [0.15, 0.2) is 42.6 Å². The Morgan fingerprint density at radius 2 is 2.00 bits per heavy atom. The number of hydrogen-bond acceptors (Lipinski definition) is 4. The number of rotatable bonds is 5. The average Bonchev–Trinajstić information content (AvgIpc) is 2.66. The van der Waals surface area contributed by atoms with Crippen LogP contribution in [0.2, 0.25) is 10.0 Å². The van der Waals surface area contributed by atoms with E-state index >= 15 is 0 Å². The van der Waals surface area contributed by atoms with E-state index in [9.17, 15) is 4.79 Å². The van der Waals surface area contributed by atoms with Crippen LogP contribution in [0.3, 0.4) is 0 Å². The third-order valence-electron chi connectivity index (χ3n) is 4.17. The van der Waals surface area contributed by atoms with Gasteiger partial charge in [-0.05, 0) is 24.3 Å². The lowest BCUT2D eigenvalue weighted by atomic mass is 10.1. The lowest BCUT2D eigenvalue weighted by molar-refractivity contribution is 0.0154. The minimum Gasteiger partial charge on any atom is -0.379 e. The van der Waals surface area contributed by atoms with Crippen LogP contribution in [-0.4, -0.2) is 48.6 Å². The maximum Gasteiger partial charge on any atom is 0.252 e. The molecule has 1 fully saturated rings. The van der Waals surface area contributed by atoms with Gasteiger partial charge in [-0.15, -0.1) is 0 Å². The monoisotopic (exact) mass is 379 g/mol. The number of carbonyl (C=O) groups is 1. The zero-order chi connectivity index (χ0) is 17.6. The second-order valence-corrected chi connectivity index (χ2v) is 6.52. The molecule has 0 aliphatic carbocycles. The predicted molar refractivity (Wildman–Crippen MR) is 98.2 cm³/mol. The number of benzene rings is 1. The summed E-state index contributed by atoms with van der Waals surface area (Å²) in [5.74, 6) is -0.248. The summed E-state index contributed by atoms with van der Waals surface area (Å²) in [5, 5.41) is 3.59. The maximum absolute atomic E-state index is 12.5. The number of aromatic nitrogens is 1. The van der Waals surface area contributed by atoms with Crippen molar-refractivity contribution in [2.45, 2.75) is 6.04 Å². The predicted octanol–water partition coefficient (Wildman–Crippen LogP) is 3.19. The molecule has 1 aliphatic heterocycles. The van der Waals surface area contributed by atoms with E-state index in [-0.39, 0.29) is 17.0 Å². The average molecular weight is 380 g/mol. The lowest BCUT2D eigenvalue weighted by Crippen LogP contribution is -2.44. The molecule has 3 rings (SSSR count). The summed E-state index contributed by atoms with van der Waals surface area (Å²) >= 11 is 12.1. The van der Waals surface area contributed by atoms with E-state index in [0.717, 1.165) is 18.8 Å². The van der Waals surface area contributed by atoms with Crippen molar-refractivity contribution in [3.8, 4) is 0 Å². The van der Waals surface area contributed by atoms with Crippen molar-refractivity contribution in [3.05, 3.63) is 63.9 Å². The maximum atomic E-state index is 12.5. The molecule has 1 aromatic heterocycles. The highest BCUT2D eigenvalue weighted by Gasteiger charge is 2.24. The van der Waals surface area contributed by atoms with Crippen LogP contribution in [-0.2, 0) is 4.74 Å². The van der Waals surface area contributed by atoms with Crippen molar-refractivity contribution in [1.82, 2.24) is 15.2 Å². The molecule has 132 valence electrons. The van der Waals surface area contributed by atoms with Gasteiger partial charge in [0.15, 0.2) is 0 Å². The fourth-order valence-electron chi connectivity index (χ4n) is 2.85. The summed E-state index contributed by atoms with van der Waals surface area (Å²) in [6, 6.07) is 10.8. The molecule has 2 aromatic rings. The Labute approximate surface area is 156 Å². The highest BCUT2D eigenvalue weighted by atomic mass is 35.5. The Morgan fingerprint density at radius 3 is 2.72 bits per heavy atom. The van der Waals surface area contributed by atoms with E-state index in [4.69, 9.17) is 27.9 Å². The molecular formula is C18H19Cl2N3O2. The first-order valence-corrected chi connectivity index (χ1v) is 8.87. The van der Waals surface area contributed by atoms with Crippen LogP contribution in [0.1, 0.15) is 22.1 Å². The van der Waals surface area contributed by atoms with Crippen LogP contribution in [0, 0.1) is 0 Å². The number of pyridine rings is 1. The van der Waals surface area contributed by atoms with Crippen molar-refractivity contribution in [1.29, 1.82) is 0 Å². The van der Waals surface area contributed by atoms with E-state index in [2.05, 4.69) is 15.2 Å². The quantitative estimate of drug-likeness (QED) is 0.866. The minimum absolute atomic E-state index is 0.0213. The Balaban J connectivity index is 1.74. The Morgan fingerprint density at radius 1 is 1.20 bits per heavy atom. The van der Waals surface area contributed by atoms with Crippen molar-refractivity contribution in [2.24, 2.45) is 0 Å². The molecule has 7 heteroatoms. The molecule has 1 saturated heterocycles. The molecule has 1 N–H and O–H groups in total. The molecule has 0 bridgehead atoms. The largest absolute Gasteiger partial charge is 0.379 e. The third-order valence-corrected chi connectivity index (χ3v) is 4.99. The molecule has 5 nitrogen and oxygen atoms in total. The summed E-state index contributed by atoms with van der Waals surface area (Å²) in [7, 11) is 0. The first-order valence-electron chi connectivity index (χ1n) is 8.12. The summed E-state index contributed by atoms with van der Waals surface area (Å²) in [5.41, 5.74) is 1.29. The van der Waals surface area contributed by atoms with E-state index < -0.39 is 0 Å². The number of amides is 1. The summed E-state index contributed by atoms with van der Waals surface area (Å²) < 4.78 is 5.43. The summed E-state index contributed by atoms with van der Waals surface area (Å²) in [6.07, 6.45) is 1.76. The van der Waals surface area contributed by atoms with Gasteiger partial charge in [0.05, 0.1) is 40.6 Å². The molecule has 1 aromatic carbocycles. The molecule has 1 atom stereocenters. The SMILES string of the molecule is O=C(NCC(c1ccccn1)N1CCOCC1)c1cccc(Cl)c1Cl. The topological polar surface area (TPSA) is 54.5 Å².